The molecule has 1 aromatic heterocycles. The molecule has 1 aromatic carbocycles. The number of halogens is 6. The molecule has 0 saturated carbocycles. The van der Waals surface area contributed by atoms with Crippen LogP contribution < -0.4 is 5.73 Å². The normalized spacial score (nSPS) is 12.3. The summed E-state index contributed by atoms with van der Waals surface area (Å²) in [7, 11) is 0.984. The third-order valence-corrected chi connectivity index (χ3v) is 3.03. The van der Waals surface area contributed by atoms with Gasteiger partial charge < -0.3 is 15.0 Å². The summed E-state index contributed by atoms with van der Waals surface area (Å²) in [6.07, 6.45) is -8.81. The number of hydrogen-bond acceptors (Lipinski definition) is 4. The number of hydrogen-bond donors (Lipinski definition) is 1. The van der Waals surface area contributed by atoms with E-state index < -0.39 is 46.5 Å². The largest absolute Gasteiger partial charge is 0.465 e. The van der Waals surface area contributed by atoms with Crippen LogP contribution in [0.3, 0.4) is 0 Å². The second-order valence-electron chi connectivity index (χ2n) is 4.61. The Morgan fingerprint density at radius 3 is 2.25 bits per heavy atom. The maximum atomic E-state index is 13.1. The number of benzene rings is 1. The second kappa shape index (κ2) is 5.73. The monoisotopic (exact) mass is 353 g/mol. The number of rotatable bonds is 2. The first kappa shape index (κ1) is 17.6. The molecule has 0 atom stereocenters. The fraction of sp³-hybridized carbons (Fsp3) is 0.231. The molecule has 0 saturated heterocycles. The number of methoxy groups -OCH3 is 1. The van der Waals surface area contributed by atoms with E-state index in [9.17, 15) is 31.1 Å². The number of aromatic nitrogens is 2. The SMILES string of the molecule is COC(=O)c1cc(-n2cnc(C(F)(F)F)c2)c(C(F)(F)F)cc1N. The lowest BCUT2D eigenvalue weighted by atomic mass is 10.1. The summed E-state index contributed by atoms with van der Waals surface area (Å²) in [5.74, 6) is -1.03. The second-order valence-corrected chi connectivity index (χ2v) is 4.61. The van der Waals surface area contributed by atoms with Crippen molar-refractivity contribution in [2.24, 2.45) is 0 Å². The van der Waals surface area contributed by atoms with Crippen LogP contribution in [0.4, 0.5) is 32.0 Å². The Kier molecular flexibility index (Phi) is 4.21. The number of nitrogens with two attached hydrogens (primary N) is 1. The molecule has 11 heteroatoms. The lowest BCUT2D eigenvalue weighted by Crippen LogP contribution is -2.15. The van der Waals surface area contributed by atoms with E-state index in [0.29, 0.717) is 29.2 Å². The van der Waals surface area contributed by atoms with E-state index in [1.807, 2.05) is 0 Å². The number of alkyl halides is 6. The first-order chi connectivity index (χ1) is 10.9. The number of esters is 1. The van der Waals surface area contributed by atoms with E-state index in [2.05, 4.69) is 9.72 Å². The Hall–Kier alpha value is -2.72. The summed E-state index contributed by atoms with van der Waals surface area (Å²) in [6, 6.07) is 1.15. The smallest absolute Gasteiger partial charge is 0.434 e. The highest BCUT2D eigenvalue weighted by Crippen LogP contribution is 2.37. The summed E-state index contributed by atoms with van der Waals surface area (Å²) in [4.78, 5) is 14.6. The van der Waals surface area contributed by atoms with Crippen LogP contribution in [0.25, 0.3) is 5.69 Å². The van der Waals surface area contributed by atoms with Crippen molar-refractivity contribution in [1.29, 1.82) is 0 Å². The Labute approximate surface area is 130 Å². The van der Waals surface area contributed by atoms with Crippen LogP contribution in [0, 0.1) is 0 Å². The number of ether oxygens (including phenoxy) is 1. The van der Waals surface area contributed by atoms with Crippen molar-refractivity contribution in [3.63, 3.8) is 0 Å². The van der Waals surface area contributed by atoms with Crippen LogP contribution in [0.2, 0.25) is 0 Å². The van der Waals surface area contributed by atoms with E-state index >= 15 is 0 Å². The average molecular weight is 353 g/mol. The number of nitrogen functional groups attached to an aromatic ring is 1. The summed E-state index contributed by atoms with van der Waals surface area (Å²) in [6.45, 7) is 0. The molecule has 0 spiro atoms. The molecule has 0 aliphatic heterocycles. The molecular weight excluding hydrogens is 344 g/mol. The van der Waals surface area contributed by atoms with Crippen molar-refractivity contribution in [2.45, 2.75) is 12.4 Å². The minimum atomic E-state index is -4.92. The van der Waals surface area contributed by atoms with Gasteiger partial charge in [0.15, 0.2) is 5.69 Å². The number of anilines is 1. The quantitative estimate of drug-likeness (QED) is 0.511. The molecule has 0 aliphatic carbocycles. The van der Waals surface area contributed by atoms with Gasteiger partial charge in [0.2, 0.25) is 0 Å². The maximum Gasteiger partial charge on any atom is 0.434 e. The number of imidazole rings is 1. The van der Waals surface area contributed by atoms with Gasteiger partial charge in [-0.25, -0.2) is 9.78 Å². The minimum Gasteiger partial charge on any atom is -0.465 e. The van der Waals surface area contributed by atoms with E-state index in [1.54, 1.807) is 0 Å². The number of carbonyl (C=O) groups excluding carboxylic acids is 1. The standard InChI is InChI=1S/C13H9F6N3O2/c1-24-11(23)6-2-9(7(3-8(6)20)12(14,15)16)22-4-10(21-5-22)13(17,18)19/h2-5H,20H2,1H3. The van der Waals surface area contributed by atoms with Crippen molar-refractivity contribution < 1.29 is 35.9 Å². The number of nitrogens with zero attached hydrogens (tertiary/aromatic N) is 2. The predicted molar refractivity (Wildman–Crippen MR) is 69.3 cm³/mol. The van der Waals surface area contributed by atoms with Gasteiger partial charge in [0, 0.05) is 11.9 Å². The molecular formula is C13H9F6N3O2. The van der Waals surface area contributed by atoms with Crippen LogP contribution in [-0.4, -0.2) is 22.6 Å². The lowest BCUT2D eigenvalue weighted by Gasteiger charge is -2.16. The molecule has 0 radical (unpaired) electrons. The Bertz CT molecular complexity index is 779. The molecule has 24 heavy (non-hydrogen) atoms. The summed E-state index contributed by atoms with van der Waals surface area (Å²) in [5, 5.41) is 0. The maximum absolute atomic E-state index is 13.1. The van der Waals surface area contributed by atoms with Crippen LogP contribution in [0.1, 0.15) is 21.6 Å². The average Bonchev–Trinajstić information content (AvgIpc) is 2.95. The zero-order valence-electron chi connectivity index (χ0n) is 11.9. The van der Waals surface area contributed by atoms with Crippen LogP contribution in [-0.2, 0) is 17.1 Å². The summed E-state index contributed by atoms with van der Waals surface area (Å²) >= 11 is 0. The molecule has 0 bridgehead atoms. The van der Waals surface area contributed by atoms with Gasteiger partial charge >= 0.3 is 18.3 Å². The van der Waals surface area contributed by atoms with Gasteiger partial charge in [0.1, 0.15) is 0 Å². The first-order valence-electron chi connectivity index (χ1n) is 6.15. The van der Waals surface area contributed by atoms with Crippen molar-refractivity contribution in [3.05, 3.63) is 41.5 Å². The molecule has 2 aromatic rings. The summed E-state index contributed by atoms with van der Waals surface area (Å²) in [5.41, 5.74) is 1.04. The summed E-state index contributed by atoms with van der Waals surface area (Å²) < 4.78 is 82.1. The Morgan fingerprint density at radius 1 is 1.17 bits per heavy atom. The molecule has 0 amide bonds. The molecule has 2 N–H and O–H groups in total. The zero-order valence-corrected chi connectivity index (χ0v) is 11.9. The topological polar surface area (TPSA) is 70.1 Å². The lowest BCUT2D eigenvalue weighted by molar-refractivity contribution is -0.140. The molecule has 0 aliphatic rings. The number of carbonyl (C=O) groups is 1. The highest BCUT2D eigenvalue weighted by molar-refractivity contribution is 5.96. The highest BCUT2D eigenvalue weighted by Gasteiger charge is 2.37. The zero-order chi connectivity index (χ0) is 18.3. The van der Waals surface area contributed by atoms with Gasteiger partial charge in [-0.1, -0.05) is 0 Å². The molecule has 0 fully saturated rings. The van der Waals surface area contributed by atoms with Gasteiger partial charge in [-0.2, -0.15) is 26.3 Å². The Balaban J connectivity index is 2.70. The van der Waals surface area contributed by atoms with Gasteiger partial charge in [0.25, 0.3) is 0 Å². The fourth-order valence-electron chi connectivity index (χ4n) is 1.93. The van der Waals surface area contributed by atoms with E-state index in [-0.39, 0.29) is 0 Å². The van der Waals surface area contributed by atoms with Crippen LogP contribution in [0.5, 0.6) is 0 Å². The molecule has 0 unspecified atom stereocenters. The van der Waals surface area contributed by atoms with Crippen molar-refractivity contribution >= 4 is 11.7 Å². The van der Waals surface area contributed by atoms with Crippen molar-refractivity contribution in [1.82, 2.24) is 9.55 Å². The molecule has 1 heterocycles. The first-order valence-corrected chi connectivity index (χ1v) is 6.15. The van der Waals surface area contributed by atoms with E-state index in [1.165, 1.54) is 0 Å². The van der Waals surface area contributed by atoms with Crippen LogP contribution >= 0.6 is 0 Å². The molecule has 5 nitrogen and oxygen atoms in total. The van der Waals surface area contributed by atoms with Crippen molar-refractivity contribution in [2.75, 3.05) is 12.8 Å². The van der Waals surface area contributed by atoms with Gasteiger partial charge in [-0.15, -0.1) is 0 Å². The van der Waals surface area contributed by atoms with E-state index in [0.717, 1.165) is 7.11 Å². The van der Waals surface area contributed by atoms with Crippen molar-refractivity contribution in [3.8, 4) is 5.69 Å². The molecule has 2 rings (SSSR count). The minimum absolute atomic E-state index is 0.377. The van der Waals surface area contributed by atoms with Gasteiger partial charge in [-0.3, -0.25) is 0 Å². The Morgan fingerprint density at radius 2 is 1.79 bits per heavy atom. The molecule has 130 valence electrons. The predicted octanol–water partition coefficient (Wildman–Crippen LogP) is 3.28. The van der Waals surface area contributed by atoms with E-state index in [4.69, 9.17) is 5.73 Å². The van der Waals surface area contributed by atoms with Gasteiger partial charge in [-0.05, 0) is 12.1 Å². The van der Waals surface area contributed by atoms with Crippen LogP contribution in [0.15, 0.2) is 24.7 Å². The van der Waals surface area contributed by atoms with Gasteiger partial charge in [0.05, 0.1) is 30.3 Å². The highest BCUT2D eigenvalue weighted by atomic mass is 19.4. The third kappa shape index (κ3) is 3.29. The third-order valence-electron chi connectivity index (χ3n) is 3.03. The fourth-order valence-corrected chi connectivity index (χ4v) is 1.93.